The van der Waals surface area contributed by atoms with Crippen molar-refractivity contribution in [3.05, 3.63) is 30.3 Å². The minimum atomic E-state index is -0.844. The molecule has 1 aromatic heterocycles. The van der Waals surface area contributed by atoms with Crippen LogP contribution in [0, 0.1) is 5.41 Å². The van der Waals surface area contributed by atoms with Crippen molar-refractivity contribution in [3.63, 3.8) is 0 Å². The van der Waals surface area contributed by atoms with E-state index in [4.69, 9.17) is 0 Å². The number of carboxylic acid groups (broad SMARTS) is 1. The van der Waals surface area contributed by atoms with Crippen LogP contribution in [0.5, 0.6) is 0 Å². The number of aliphatic carboxylic acids is 1. The molecule has 1 unspecified atom stereocenters. The maximum atomic E-state index is 12.2. The molecule has 1 N–H and O–H groups in total. The Hall–Kier alpha value is -2.77. The van der Waals surface area contributed by atoms with Crippen molar-refractivity contribution in [1.82, 2.24) is 25.1 Å². The Labute approximate surface area is 145 Å². The Kier molecular flexibility index (Phi) is 4.78. The molecule has 1 fully saturated rings. The summed E-state index contributed by atoms with van der Waals surface area (Å²) in [6.07, 6.45) is 1.43. The Morgan fingerprint density at radius 1 is 1.28 bits per heavy atom. The van der Waals surface area contributed by atoms with Gasteiger partial charge in [-0.05, 0) is 25.0 Å². The van der Waals surface area contributed by atoms with E-state index in [-0.39, 0.29) is 12.5 Å². The zero-order valence-corrected chi connectivity index (χ0v) is 14.1. The molecule has 8 nitrogen and oxygen atoms in total. The first kappa shape index (κ1) is 17.1. The van der Waals surface area contributed by atoms with Gasteiger partial charge in [0.15, 0.2) is 0 Å². The van der Waals surface area contributed by atoms with Gasteiger partial charge in [0.1, 0.15) is 0 Å². The van der Waals surface area contributed by atoms with Gasteiger partial charge in [0.05, 0.1) is 12.0 Å². The molecule has 0 saturated carbocycles. The van der Waals surface area contributed by atoms with Gasteiger partial charge < -0.3 is 10.0 Å². The zero-order valence-electron chi connectivity index (χ0n) is 14.1. The Morgan fingerprint density at radius 3 is 2.72 bits per heavy atom. The lowest BCUT2D eigenvalue weighted by molar-refractivity contribution is -0.147. The number of amides is 1. The lowest BCUT2D eigenvalue weighted by Gasteiger charge is -2.20. The van der Waals surface area contributed by atoms with E-state index in [1.807, 2.05) is 30.3 Å². The number of rotatable bonds is 6. The first-order chi connectivity index (χ1) is 12.0. The molecule has 0 bridgehead atoms. The summed E-state index contributed by atoms with van der Waals surface area (Å²) in [5, 5.41) is 21.6. The van der Waals surface area contributed by atoms with Crippen molar-refractivity contribution in [2.45, 2.75) is 32.7 Å². The summed E-state index contributed by atoms with van der Waals surface area (Å²) in [6, 6.07) is 9.58. The van der Waals surface area contributed by atoms with Crippen molar-refractivity contribution < 1.29 is 14.7 Å². The molecule has 0 aliphatic carbocycles. The Bertz CT molecular complexity index is 761. The Balaban J connectivity index is 1.48. The first-order valence-electron chi connectivity index (χ1n) is 8.32. The van der Waals surface area contributed by atoms with Crippen LogP contribution >= 0.6 is 0 Å². The molecule has 1 atom stereocenters. The summed E-state index contributed by atoms with van der Waals surface area (Å²) in [5.41, 5.74) is 0.0723. The highest BCUT2D eigenvalue weighted by molar-refractivity contribution is 5.80. The predicted octanol–water partition coefficient (Wildman–Crippen LogP) is 1.44. The molecule has 0 spiro atoms. The van der Waals surface area contributed by atoms with E-state index in [1.165, 1.54) is 4.80 Å². The number of aryl methyl sites for hydroxylation is 1. The molecule has 2 heterocycles. The number of aromatic nitrogens is 4. The number of likely N-dealkylation sites (tertiary alicyclic amines) is 1. The van der Waals surface area contributed by atoms with Crippen LogP contribution in [0.3, 0.4) is 0 Å². The highest BCUT2D eigenvalue weighted by Gasteiger charge is 2.41. The first-order valence-corrected chi connectivity index (χ1v) is 8.32. The molecule has 1 saturated heterocycles. The molecule has 1 aliphatic heterocycles. The minimum Gasteiger partial charge on any atom is -0.481 e. The van der Waals surface area contributed by atoms with E-state index in [9.17, 15) is 14.7 Å². The van der Waals surface area contributed by atoms with Crippen LogP contribution in [0.15, 0.2) is 30.3 Å². The lowest BCUT2D eigenvalue weighted by Crippen LogP contribution is -2.34. The highest BCUT2D eigenvalue weighted by atomic mass is 16.4. The van der Waals surface area contributed by atoms with E-state index < -0.39 is 11.4 Å². The second kappa shape index (κ2) is 7.00. The van der Waals surface area contributed by atoms with Gasteiger partial charge >= 0.3 is 5.97 Å². The third kappa shape index (κ3) is 3.84. The number of benzene rings is 1. The number of hydrogen-bond acceptors (Lipinski definition) is 5. The monoisotopic (exact) mass is 343 g/mol. The van der Waals surface area contributed by atoms with Gasteiger partial charge in [-0.15, -0.1) is 10.2 Å². The predicted molar refractivity (Wildman–Crippen MR) is 89.4 cm³/mol. The van der Waals surface area contributed by atoms with Gasteiger partial charge in [0, 0.05) is 25.1 Å². The van der Waals surface area contributed by atoms with Crippen molar-refractivity contribution in [2.75, 3.05) is 13.1 Å². The molecule has 0 radical (unpaired) electrons. The van der Waals surface area contributed by atoms with Crippen LogP contribution in [0.25, 0.3) is 11.4 Å². The Morgan fingerprint density at radius 2 is 2.04 bits per heavy atom. The molecule has 25 heavy (non-hydrogen) atoms. The average Bonchev–Trinajstić information content (AvgIpc) is 3.23. The SMILES string of the molecule is CC1(C(=O)O)CCN(C(=O)CCCn2nnc(-c3ccccc3)n2)C1. The second-order valence-corrected chi connectivity index (χ2v) is 6.61. The summed E-state index contributed by atoms with van der Waals surface area (Å²) in [5.74, 6) is -0.305. The average molecular weight is 343 g/mol. The van der Waals surface area contributed by atoms with Gasteiger partial charge in [-0.1, -0.05) is 30.3 Å². The smallest absolute Gasteiger partial charge is 0.311 e. The molecule has 1 aliphatic rings. The second-order valence-electron chi connectivity index (χ2n) is 6.61. The van der Waals surface area contributed by atoms with Gasteiger partial charge in [-0.3, -0.25) is 9.59 Å². The molecule has 132 valence electrons. The number of carbonyl (C=O) groups is 2. The normalized spacial score (nSPS) is 20.0. The highest BCUT2D eigenvalue weighted by Crippen LogP contribution is 2.30. The van der Waals surface area contributed by atoms with Crippen molar-refractivity contribution in [1.29, 1.82) is 0 Å². The zero-order chi connectivity index (χ0) is 17.9. The van der Waals surface area contributed by atoms with Crippen molar-refractivity contribution in [3.8, 4) is 11.4 Å². The van der Waals surface area contributed by atoms with Crippen molar-refractivity contribution >= 4 is 11.9 Å². The van der Waals surface area contributed by atoms with Crippen LogP contribution in [0.1, 0.15) is 26.2 Å². The summed E-state index contributed by atoms with van der Waals surface area (Å²) >= 11 is 0. The summed E-state index contributed by atoms with van der Waals surface area (Å²) in [4.78, 5) is 26.6. The van der Waals surface area contributed by atoms with Gasteiger partial charge in [0.2, 0.25) is 11.7 Å². The van der Waals surface area contributed by atoms with Crippen LogP contribution in [-0.4, -0.2) is 55.2 Å². The molecule has 1 amide bonds. The third-order valence-corrected chi connectivity index (χ3v) is 4.58. The van der Waals surface area contributed by atoms with Gasteiger partial charge in [0.25, 0.3) is 0 Å². The molecule has 2 aromatic rings. The lowest BCUT2D eigenvalue weighted by atomic mass is 9.90. The number of nitrogens with zero attached hydrogens (tertiary/aromatic N) is 5. The molecular formula is C17H21N5O3. The van der Waals surface area contributed by atoms with E-state index in [2.05, 4.69) is 15.4 Å². The number of hydrogen-bond donors (Lipinski definition) is 1. The van der Waals surface area contributed by atoms with Crippen LogP contribution in [-0.2, 0) is 16.1 Å². The standard InChI is InChI=1S/C17H21N5O3/c1-17(16(24)25)9-11-21(12-17)14(23)8-5-10-22-19-15(18-20-22)13-6-3-2-4-7-13/h2-4,6-7H,5,8-12H2,1H3,(H,24,25). The molecule has 1 aromatic carbocycles. The molecule has 8 heteroatoms. The van der Waals surface area contributed by atoms with Crippen LogP contribution in [0.4, 0.5) is 0 Å². The van der Waals surface area contributed by atoms with Gasteiger partial charge in [-0.25, -0.2) is 0 Å². The van der Waals surface area contributed by atoms with Crippen LogP contribution < -0.4 is 0 Å². The minimum absolute atomic E-state index is 0.0200. The number of tetrazole rings is 1. The quantitative estimate of drug-likeness (QED) is 0.852. The van der Waals surface area contributed by atoms with E-state index in [0.717, 1.165) is 5.56 Å². The summed E-state index contributed by atoms with van der Waals surface area (Å²) in [7, 11) is 0. The fourth-order valence-corrected chi connectivity index (χ4v) is 2.92. The fourth-order valence-electron chi connectivity index (χ4n) is 2.92. The number of carboxylic acids is 1. The molecule has 3 rings (SSSR count). The fraction of sp³-hybridized carbons (Fsp3) is 0.471. The van der Waals surface area contributed by atoms with E-state index >= 15 is 0 Å². The number of carbonyl (C=O) groups excluding carboxylic acids is 1. The topological polar surface area (TPSA) is 101 Å². The summed E-state index contributed by atoms with van der Waals surface area (Å²) < 4.78 is 0. The molecular weight excluding hydrogens is 322 g/mol. The largest absolute Gasteiger partial charge is 0.481 e. The van der Waals surface area contributed by atoms with Gasteiger partial charge in [-0.2, -0.15) is 4.80 Å². The van der Waals surface area contributed by atoms with Crippen molar-refractivity contribution in [2.24, 2.45) is 5.41 Å². The summed E-state index contributed by atoms with van der Waals surface area (Å²) in [6.45, 7) is 2.96. The maximum absolute atomic E-state index is 12.2. The van der Waals surface area contributed by atoms with E-state index in [1.54, 1.807) is 11.8 Å². The van der Waals surface area contributed by atoms with E-state index in [0.29, 0.717) is 38.2 Å². The van der Waals surface area contributed by atoms with Crippen LogP contribution in [0.2, 0.25) is 0 Å². The third-order valence-electron chi connectivity index (χ3n) is 4.58. The maximum Gasteiger partial charge on any atom is 0.311 e.